The third-order valence-electron chi connectivity index (χ3n) is 4.77. The van der Waals surface area contributed by atoms with Crippen LogP contribution in [0.15, 0.2) is 0 Å². The van der Waals surface area contributed by atoms with Gasteiger partial charge in [0.2, 0.25) is 10.4 Å². The SMILES string of the molecule is CCCCC(CC)COP(=O)(OCC(CC)CCCC)OCC(C)OS(=O)(=O)[O-].[Na+]. The summed E-state index contributed by atoms with van der Waals surface area (Å²) in [6.07, 6.45) is 6.80. The molecule has 11 heteroatoms. The van der Waals surface area contributed by atoms with Crippen molar-refractivity contribution in [2.75, 3.05) is 19.8 Å². The molecule has 0 radical (unpaired) electrons. The van der Waals surface area contributed by atoms with Crippen LogP contribution in [0.3, 0.4) is 0 Å². The van der Waals surface area contributed by atoms with Crippen LogP contribution in [0.25, 0.3) is 0 Å². The van der Waals surface area contributed by atoms with E-state index in [-0.39, 0.29) is 54.6 Å². The Morgan fingerprint density at radius 1 is 0.833 bits per heavy atom. The van der Waals surface area contributed by atoms with Crippen molar-refractivity contribution in [2.45, 2.75) is 92.1 Å². The van der Waals surface area contributed by atoms with Gasteiger partial charge in [0, 0.05) is 0 Å². The Morgan fingerprint density at radius 3 is 1.57 bits per heavy atom. The zero-order valence-corrected chi connectivity index (χ0v) is 23.3. The molecule has 0 rings (SSSR count). The van der Waals surface area contributed by atoms with Crippen LogP contribution >= 0.6 is 7.82 Å². The van der Waals surface area contributed by atoms with Crippen molar-refractivity contribution < 1.29 is 64.8 Å². The van der Waals surface area contributed by atoms with Crippen molar-refractivity contribution in [3.63, 3.8) is 0 Å². The Morgan fingerprint density at radius 2 is 1.23 bits per heavy atom. The van der Waals surface area contributed by atoms with Crippen molar-refractivity contribution in [1.29, 1.82) is 0 Å². The van der Waals surface area contributed by atoms with Gasteiger partial charge in [-0.05, 0) is 31.6 Å². The Labute approximate surface area is 206 Å². The molecule has 0 aromatic carbocycles. The van der Waals surface area contributed by atoms with E-state index in [2.05, 4.69) is 18.0 Å². The van der Waals surface area contributed by atoms with Crippen LogP contribution in [0.2, 0.25) is 0 Å². The molecule has 0 fully saturated rings. The normalized spacial score (nSPS) is 17.0. The molecule has 176 valence electrons. The molecule has 0 saturated heterocycles. The van der Waals surface area contributed by atoms with Crippen molar-refractivity contribution in [3.8, 4) is 0 Å². The molecule has 3 unspecified atom stereocenters. The van der Waals surface area contributed by atoms with Gasteiger partial charge in [0.25, 0.3) is 0 Å². The van der Waals surface area contributed by atoms with Gasteiger partial charge in [0.1, 0.15) is 0 Å². The summed E-state index contributed by atoms with van der Waals surface area (Å²) in [4.78, 5) is 0. The number of unbranched alkanes of at least 4 members (excludes halogenated alkanes) is 2. The maximum absolute atomic E-state index is 13.1. The summed E-state index contributed by atoms with van der Waals surface area (Å²) >= 11 is 0. The van der Waals surface area contributed by atoms with Crippen molar-refractivity contribution in [2.24, 2.45) is 11.8 Å². The maximum Gasteiger partial charge on any atom is 1.00 e. The van der Waals surface area contributed by atoms with Crippen molar-refractivity contribution in [3.05, 3.63) is 0 Å². The topological polar surface area (TPSA) is 111 Å². The van der Waals surface area contributed by atoms with E-state index in [4.69, 9.17) is 13.6 Å². The summed E-state index contributed by atoms with van der Waals surface area (Å²) < 4.78 is 66.0. The van der Waals surface area contributed by atoms with E-state index >= 15 is 0 Å². The molecule has 0 aliphatic heterocycles. The Kier molecular flexibility index (Phi) is 20.3. The fourth-order valence-corrected chi connectivity index (χ4v) is 4.59. The summed E-state index contributed by atoms with van der Waals surface area (Å²) in [6, 6.07) is 0. The van der Waals surface area contributed by atoms with Crippen LogP contribution in [-0.4, -0.2) is 38.9 Å². The molecule has 0 heterocycles. The molecule has 0 bridgehead atoms. The summed E-state index contributed by atoms with van der Waals surface area (Å²) in [5.41, 5.74) is 0. The van der Waals surface area contributed by atoms with Gasteiger partial charge in [-0.25, -0.2) is 13.0 Å². The molecule has 30 heavy (non-hydrogen) atoms. The number of phosphoric ester groups is 1. The van der Waals surface area contributed by atoms with Crippen LogP contribution in [0.1, 0.15) is 86.0 Å². The molecular weight excluding hydrogens is 442 g/mol. The van der Waals surface area contributed by atoms with Crippen molar-refractivity contribution in [1.82, 2.24) is 0 Å². The number of hydrogen-bond acceptors (Lipinski definition) is 8. The number of hydrogen-bond donors (Lipinski definition) is 0. The van der Waals surface area contributed by atoms with Gasteiger partial charge in [-0.15, -0.1) is 0 Å². The molecule has 0 aromatic rings. The van der Waals surface area contributed by atoms with E-state index in [9.17, 15) is 17.5 Å². The van der Waals surface area contributed by atoms with Gasteiger partial charge in [-0.2, -0.15) is 0 Å². The van der Waals surface area contributed by atoms with E-state index in [1.165, 1.54) is 6.92 Å². The van der Waals surface area contributed by atoms with E-state index in [1.807, 2.05) is 13.8 Å². The van der Waals surface area contributed by atoms with Gasteiger partial charge in [-0.3, -0.25) is 17.8 Å². The van der Waals surface area contributed by atoms with E-state index in [0.29, 0.717) is 0 Å². The smallest absolute Gasteiger partial charge is 0.726 e. The summed E-state index contributed by atoms with van der Waals surface area (Å²) in [6.45, 7) is 9.71. The fraction of sp³-hybridized carbons (Fsp3) is 1.00. The number of rotatable bonds is 19. The molecule has 0 amide bonds. The first-order chi connectivity index (χ1) is 13.6. The van der Waals surface area contributed by atoms with Crippen LogP contribution in [0.4, 0.5) is 0 Å². The van der Waals surface area contributed by atoms with Crippen LogP contribution in [0.5, 0.6) is 0 Å². The Hall–Kier alpha value is 0.980. The Bertz CT molecular complexity index is 537. The van der Waals surface area contributed by atoms with Gasteiger partial charge < -0.3 is 4.55 Å². The monoisotopic (exact) mass is 482 g/mol. The third kappa shape index (κ3) is 17.5. The van der Waals surface area contributed by atoms with Crippen LogP contribution < -0.4 is 29.6 Å². The average Bonchev–Trinajstić information content (AvgIpc) is 2.65. The maximum atomic E-state index is 13.1. The Balaban J connectivity index is 0. The van der Waals surface area contributed by atoms with Crippen LogP contribution in [-0.2, 0) is 32.7 Å². The minimum Gasteiger partial charge on any atom is -0.726 e. The second-order valence-electron chi connectivity index (χ2n) is 7.48. The first kappa shape index (κ1) is 33.2. The summed E-state index contributed by atoms with van der Waals surface area (Å²) in [5.74, 6) is 0.460. The van der Waals surface area contributed by atoms with Gasteiger partial charge >= 0.3 is 37.4 Å². The first-order valence-corrected chi connectivity index (χ1v) is 13.6. The molecule has 8 nitrogen and oxygen atoms in total. The number of phosphoric acid groups is 1. The molecule has 0 aromatic heterocycles. The molecule has 0 N–H and O–H groups in total. The van der Waals surface area contributed by atoms with E-state index in [0.717, 1.165) is 51.4 Å². The zero-order valence-electron chi connectivity index (χ0n) is 19.6. The molecule has 0 aliphatic carbocycles. The van der Waals surface area contributed by atoms with Gasteiger partial charge in [-0.1, -0.05) is 66.2 Å². The molecule has 0 saturated carbocycles. The zero-order chi connectivity index (χ0) is 22.3. The molecule has 0 aliphatic rings. The summed E-state index contributed by atoms with van der Waals surface area (Å²) in [5, 5.41) is 0. The van der Waals surface area contributed by atoms with Crippen molar-refractivity contribution >= 4 is 18.2 Å². The average molecular weight is 483 g/mol. The third-order valence-corrected chi connectivity index (χ3v) is 6.73. The van der Waals surface area contributed by atoms with Gasteiger partial charge in [0.05, 0.1) is 25.9 Å². The molecular formula is C19H40NaO8PS. The predicted molar refractivity (Wildman–Crippen MR) is 112 cm³/mol. The fourth-order valence-electron chi connectivity index (χ4n) is 2.73. The predicted octanol–water partition coefficient (Wildman–Crippen LogP) is 2.45. The standard InChI is InChI=1S/C19H41O8PS.Na/c1-6-10-12-18(8-3)15-25-28(20,24-14-17(5)27-29(21,22)23)26-16-19(9-4)13-11-7-2;/h17-19H,6-16H2,1-5H3,(H,21,22,23);/q;+1/p-1. The second-order valence-corrected chi connectivity index (χ2v) is 10.2. The second kappa shape index (κ2) is 18.4. The quantitative estimate of drug-likeness (QED) is 0.119. The summed E-state index contributed by atoms with van der Waals surface area (Å²) in [7, 11) is -8.79. The van der Waals surface area contributed by atoms with Gasteiger partial charge in [0.15, 0.2) is 0 Å². The van der Waals surface area contributed by atoms with E-state index < -0.39 is 30.9 Å². The van der Waals surface area contributed by atoms with Crippen LogP contribution in [0, 0.1) is 11.8 Å². The molecule has 0 spiro atoms. The minimum absolute atomic E-state index is 0. The minimum atomic E-state index is -4.87. The molecule has 3 atom stereocenters. The van der Waals surface area contributed by atoms with E-state index in [1.54, 1.807) is 0 Å². The largest absolute Gasteiger partial charge is 1.00 e. The first-order valence-electron chi connectivity index (χ1n) is 10.8.